The van der Waals surface area contributed by atoms with Crippen LogP contribution in [0.5, 0.6) is 0 Å². The molecule has 3 heterocycles. The first-order chi connectivity index (χ1) is 20.5. The van der Waals surface area contributed by atoms with Gasteiger partial charge in [0, 0.05) is 30.7 Å². The number of nitrogens with zero attached hydrogens (tertiary/aromatic N) is 7. The van der Waals surface area contributed by atoms with Gasteiger partial charge in [0.05, 0.1) is 16.3 Å². The second kappa shape index (κ2) is 12.0. The SMILES string of the molecule is CC(=O)Nc1ccccc1C1=NC(c2ccccc2)=NC1=Nc1c(C)nn2c(-c3cc(C)cc(S(=O)(=O)[O-])c3)nn(C)c12.[Na+]. The maximum atomic E-state index is 12.0. The van der Waals surface area contributed by atoms with Crippen molar-refractivity contribution in [2.24, 2.45) is 22.0 Å². The van der Waals surface area contributed by atoms with Crippen molar-refractivity contribution in [1.82, 2.24) is 19.4 Å². The molecule has 1 N–H and O–H groups in total. The third kappa shape index (κ3) is 5.92. The maximum absolute atomic E-state index is 12.0. The molecule has 5 aromatic rings. The zero-order valence-corrected chi connectivity index (χ0v) is 27.4. The number of carbonyl (C=O) groups excluding carboxylic acids is 1. The molecule has 0 bridgehead atoms. The van der Waals surface area contributed by atoms with Crippen LogP contribution in [0.2, 0.25) is 0 Å². The summed E-state index contributed by atoms with van der Waals surface area (Å²) in [6.07, 6.45) is 0. The number of amides is 1. The van der Waals surface area contributed by atoms with Gasteiger partial charge in [0.15, 0.2) is 23.1 Å². The Hall–Kier alpha value is -4.27. The van der Waals surface area contributed by atoms with Gasteiger partial charge in [0.2, 0.25) is 5.91 Å². The van der Waals surface area contributed by atoms with Gasteiger partial charge in [-0.15, -0.1) is 0 Å². The molecule has 0 aliphatic carbocycles. The molecule has 0 saturated heterocycles. The molecule has 1 aliphatic rings. The first kappa shape index (κ1) is 31.2. The zero-order valence-electron chi connectivity index (χ0n) is 24.6. The van der Waals surface area contributed by atoms with E-state index in [0.717, 1.165) is 5.56 Å². The van der Waals surface area contributed by atoms with E-state index >= 15 is 0 Å². The van der Waals surface area contributed by atoms with Gasteiger partial charge in [-0.1, -0.05) is 48.5 Å². The molecule has 0 radical (unpaired) electrons. The minimum Gasteiger partial charge on any atom is -0.744 e. The normalized spacial score (nSPS) is 14.0. The summed E-state index contributed by atoms with van der Waals surface area (Å²) in [5, 5.41) is 12.1. The Morgan fingerprint density at radius 2 is 1.64 bits per heavy atom. The van der Waals surface area contributed by atoms with Gasteiger partial charge in [0.1, 0.15) is 21.5 Å². The number of aromatic nitrogens is 4. The van der Waals surface area contributed by atoms with Crippen LogP contribution in [-0.2, 0) is 22.0 Å². The van der Waals surface area contributed by atoms with Crippen molar-refractivity contribution in [2.45, 2.75) is 25.7 Å². The van der Waals surface area contributed by atoms with Gasteiger partial charge in [-0.2, -0.15) is 14.7 Å². The number of hydrogen-bond acceptors (Lipinski definition) is 8. The molecular weight excluding hydrogens is 591 g/mol. The Morgan fingerprint density at radius 3 is 2.34 bits per heavy atom. The molecule has 0 atom stereocenters. The van der Waals surface area contributed by atoms with Crippen LogP contribution in [0, 0.1) is 13.8 Å². The van der Waals surface area contributed by atoms with Crippen molar-refractivity contribution in [3.8, 4) is 11.4 Å². The summed E-state index contributed by atoms with van der Waals surface area (Å²) in [4.78, 5) is 26.2. The van der Waals surface area contributed by atoms with Crippen molar-refractivity contribution >= 4 is 50.4 Å². The number of nitrogens with one attached hydrogen (secondary N) is 1. The molecular formula is C30H25N8NaO4S. The molecule has 216 valence electrons. The third-order valence-corrected chi connectivity index (χ3v) is 7.55. The van der Waals surface area contributed by atoms with Crippen molar-refractivity contribution < 1.29 is 47.3 Å². The maximum Gasteiger partial charge on any atom is 1.00 e. The fourth-order valence-corrected chi connectivity index (χ4v) is 5.51. The van der Waals surface area contributed by atoms with Crippen LogP contribution < -0.4 is 34.9 Å². The fourth-order valence-electron chi connectivity index (χ4n) is 4.91. The Bertz CT molecular complexity index is 2150. The van der Waals surface area contributed by atoms with Crippen molar-refractivity contribution in [3.05, 3.63) is 95.2 Å². The van der Waals surface area contributed by atoms with Crippen LogP contribution in [-0.4, -0.2) is 55.7 Å². The Labute approximate surface area is 275 Å². The molecule has 44 heavy (non-hydrogen) atoms. The summed E-state index contributed by atoms with van der Waals surface area (Å²) in [6, 6.07) is 21.1. The van der Waals surface area contributed by atoms with Crippen LogP contribution >= 0.6 is 0 Å². The van der Waals surface area contributed by atoms with E-state index in [0.29, 0.717) is 62.6 Å². The predicted octanol–water partition coefficient (Wildman–Crippen LogP) is 1.20. The molecule has 14 heteroatoms. The Balaban J connectivity index is 0.00000384. The average Bonchev–Trinajstić information content (AvgIpc) is 3.62. The number of carbonyl (C=O) groups is 1. The van der Waals surface area contributed by atoms with Gasteiger partial charge in [-0.05, 0) is 43.7 Å². The van der Waals surface area contributed by atoms with Gasteiger partial charge in [0.25, 0.3) is 0 Å². The second-order valence-corrected chi connectivity index (χ2v) is 11.4. The minimum absolute atomic E-state index is 0. The van der Waals surface area contributed by atoms with Gasteiger partial charge < -0.3 is 9.87 Å². The van der Waals surface area contributed by atoms with E-state index < -0.39 is 10.1 Å². The van der Waals surface area contributed by atoms with Gasteiger partial charge >= 0.3 is 29.6 Å². The molecule has 1 aliphatic heterocycles. The summed E-state index contributed by atoms with van der Waals surface area (Å²) in [5.74, 6) is 0.886. The number of aryl methyl sites for hydroxylation is 3. The standard InChI is InChI=1S/C30H26N8O4S.Na/c1-17-14-21(16-22(15-17)43(40,41)42)29-36-37(4)30-25(18(2)35-38(29)30)32-28-26(23-12-8-9-13-24(23)31-19(3)39)33-27(34-28)20-10-6-5-7-11-20;/h5-16H,1-4H3,(H,31,39)(H,40,41,42);/q;+1/p-1. The topological polar surface area (TPSA) is 158 Å². The summed E-state index contributed by atoms with van der Waals surface area (Å²) < 4.78 is 38.5. The number of amidine groups is 2. The van der Waals surface area contributed by atoms with Crippen molar-refractivity contribution in [1.29, 1.82) is 0 Å². The molecule has 0 saturated carbocycles. The second-order valence-electron chi connectivity index (χ2n) is 10.0. The Morgan fingerprint density at radius 1 is 0.932 bits per heavy atom. The van der Waals surface area contributed by atoms with Gasteiger partial charge in [-0.25, -0.2) is 28.1 Å². The van der Waals surface area contributed by atoms with Crippen molar-refractivity contribution in [3.63, 3.8) is 0 Å². The number of fused-ring (bicyclic) bond motifs is 1. The average molecular weight is 617 g/mol. The van der Waals surface area contributed by atoms with Crippen LogP contribution in [0.25, 0.3) is 17.0 Å². The van der Waals surface area contributed by atoms with Gasteiger partial charge in [-0.3, -0.25) is 4.79 Å². The summed E-state index contributed by atoms with van der Waals surface area (Å²) in [6.45, 7) is 4.93. The van der Waals surface area contributed by atoms with Crippen molar-refractivity contribution in [2.75, 3.05) is 5.32 Å². The number of aliphatic imine (C=N–C) groups is 3. The number of para-hydroxylation sites is 1. The largest absolute Gasteiger partial charge is 1.00 e. The summed E-state index contributed by atoms with van der Waals surface area (Å²) in [7, 11) is -2.96. The number of hydrogen-bond donors (Lipinski definition) is 1. The fraction of sp³-hybridized carbons (Fsp3) is 0.133. The number of rotatable bonds is 6. The van der Waals surface area contributed by atoms with Crippen LogP contribution in [0.1, 0.15) is 29.3 Å². The van der Waals surface area contributed by atoms with E-state index in [4.69, 9.17) is 15.0 Å². The van der Waals surface area contributed by atoms with E-state index in [9.17, 15) is 17.8 Å². The minimum atomic E-state index is -4.68. The number of benzene rings is 3. The molecule has 6 rings (SSSR count). The zero-order chi connectivity index (χ0) is 30.5. The van der Waals surface area contributed by atoms with E-state index in [1.807, 2.05) is 48.5 Å². The third-order valence-electron chi connectivity index (χ3n) is 6.74. The Kier molecular flexibility index (Phi) is 8.51. The van der Waals surface area contributed by atoms with E-state index in [2.05, 4.69) is 15.5 Å². The number of anilines is 1. The van der Waals surface area contributed by atoms with Crippen LogP contribution in [0.4, 0.5) is 11.4 Å². The summed E-state index contributed by atoms with van der Waals surface area (Å²) >= 11 is 0. The first-order valence-electron chi connectivity index (χ1n) is 13.2. The quantitative estimate of drug-likeness (QED) is 0.223. The first-order valence-corrected chi connectivity index (χ1v) is 14.6. The molecule has 1 amide bonds. The molecule has 2 aromatic heterocycles. The predicted molar refractivity (Wildman–Crippen MR) is 162 cm³/mol. The molecule has 0 fully saturated rings. The smallest absolute Gasteiger partial charge is 0.744 e. The monoisotopic (exact) mass is 616 g/mol. The molecule has 0 spiro atoms. The molecule has 3 aromatic carbocycles. The van der Waals surface area contributed by atoms with E-state index in [1.165, 1.54) is 19.1 Å². The molecule has 0 unspecified atom stereocenters. The van der Waals surface area contributed by atoms with Crippen LogP contribution in [0.15, 0.2) is 92.7 Å². The van der Waals surface area contributed by atoms with E-state index in [1.54, 1.807) is 42.2 Å². The summed E-state index contributed by atoms with van der Waals surface area (Å²) in [5.41, 5.74) is 5.02. The van der Waals surface area contributed by atoms with Crippen LogP contribution in [0.3, 0.4) is 0 Å². The van der Waals surface area contributed by atoms with E-state index in [-0.39, 0.29) is 40.4 Å². The molecule has 12 nitrogen and oxygen atoms in total.